The standard InChI is InChI=1S/C16H17ClN2O4/c1-18(14(21)16(7-8-16)15(22)23)12-6-9-19(13(12)20)11-5-3-2-4-10(11)17/h2-5,12H,6-9H2,1H3,(H,22,23)/t12-/m1/s1. The minimum Gasteiger partial charge on any atom is -0.480 e. The van der Waals surface area contributed by atoms with Gasteiger partial charge in [0.15, 0.2) is 0 Å². The number of benzene rings is 1. The molecule has 2 amide bonds. The molecule has 122 valence electrons. The lowest BCUT2D eigenvalue weighted by molar-refractivity contribution is -0.154. The van der Waals surface area contributed by atoms with Crippen LogP contribution in [-0.4, -0.2) is 47.4 Å². The molecule has 1 heterocycles. The summed E-state index contributed by atoms with van der Waals surface area (Å²) in [6.45, 7) is 0.449. The maximum absolute atomic E-state index is 12.6. The molecule has 0 bridgehead atoms. The summed E-state index contributed by atoms with van der Waals surface area (Å²) >= 11 is 6.13. The first kappa shape index (κ1) is 15.8. The number of carbonyl (C=O) groups is 3. The molecule has 3 rings (SSSR count). The maximum atomic E-state index is 12.6. The van der Waals surface area contributed by atoms with Gasteiger partial charge in [-0.15, -0.1) is 0 Å². The van der Waals surface area contributed by atoms with Gasteiger partial charge in [0.05, 0.1) is 10.7 Å². The number of rotatable bonds is 4. The number of carboxylic acid groups (broad SMARTS) is 1. The number of aliphatic carboxylic acids is 1. The Hall–Kier alpha value is -2.08. The Morgan fingerprint density at radius 3 is 2.57 bits per heavy atom. The van der Waals surface area contributed by atoms with Crippen molar-refractivity contribution in [3.63, 3.8) is 0 Å². The largest absolute Gasteiger partial charge is 0.480 e. The summed E-state index contributed by atoms with van der Waals surface area (Å²) in [6.07, 6.45) is 1.13. The summed E-state index contributed by atoms with van der Waals surface area (Å²) in [6, 6.07) is 6.39. The van der Waals surface area contributed by atoms with Gasteiger partial charge in [-0.1, -0.05) is 23.7 Å². The number of nitrogens with zero attached hydrogens (tertiary/aromatic N) is 2. The van der Waals surface area contributed by atoms with Gasteiger partial charge in [-0.25, -0.2) is 0 Å². The molecule has 6 nitrogen and oxygen atoms in total. The minimum absolute atomic E-state index is 0.227. The number of carbonyl (C=O) groups excluding carboxylic acids is 2. The molecule has 2 aliphatic rings. The van der Waals surface area contributed by atoms with Crippen LogP contribution in [-0.2, 0) is 14.4 Å². The van der Waals surface area contributed by atoms with E-state index in [1.807, 2.05) is 0 Å². The molecule has 0 radical (unpaired) electrons. The van der Waals surface area contributed by atoms with E-state index in [9.17, 15) is 19.5 Å². The lowest BCUT2D eigenvalue weighted by Crippen LogP contribution is -2.47. The van der Waals surface area contributed by atoms with Crippen molar-refractivity contribution in [3.8, 4) is 0 Å². The Bertz CT molecular complexity index is 686. The van der Waals surface area contributed by atoms with Crippen LogP contribution in [0.25, 0.3) is 0 Å². The van der Waals surface area contributed by atoms with E-state index in [1.165, 1.54) is 11.9 Å². The fraction of sp³-hybridized carbons (Fsp3) is 0.438. The Labute approximate surface area is 138 Å². The highest BCUT2D eigenvalue weighted by Crippen LogP contribution is 2.48. The van der Waals surface area contributed by atoms with Crippen LogP contribution in [0.15, 0.2) is 24.3 Å². The van der Waals surface area contributed by atoms with E-state index in [2.05, 4.69) is 0 Å². The molecule has 1 aromatic rings. The van der Waals surface area contributed by atoms with E-state index in [0.29, 0.717) is 36.5 Å². The summed E-state index contributed by atoms with van der Waals surface area (Å²) in [7, 11) is 1.50. The molecule has 0 spiro atoms. The van der Waals surface area contributed by atoms with E-state index in [-0.39, 0.29) is 5.91 Å². The number of likely N-dealkylation sites (N-methyl/N-ethyl adjacent to an activating group) is 1. The van der Waals surface area contributed by atoms with Crippen LogP contribution in [0.1, 0.15) is 19.3 Å². The second-order valence-corrected chi connectivity index (χ2v) is 6.46. The molecule has 1 aliphatic carbocycles. The molecule has 0 unspecified atom stereocenters. The molecule has 7 heteroatoms. The molecule has 1 aromatic carbocycles. The Kier molecular flexibility index (Phi) is 3.80. The number of anilines is 1. The van der Waals surface area contributed by atoms with Crippen LogP contribution in [0, 0.1) is 5.41 Å². The van der Waals surface area contributed by atoms with Gasteiger partial charge < -0.3 is 14.9 Å². The molecule has 1 aliphatic heterocycles. The molecule has 1 saturated carbocycles. The summed E-state index contributed by atoms with van der Waals surface area (Å²) < 4.78 is 0. The molecular weight excluding hydrogens is 320 g/mol. The van der Waals surface area contributed by atoms with Gasteiger partial charge >= 0.3 is 5.97 Å². The number of carboxylic acids is 1. The highest BCUT2D eigenvalue weighted by atomic mass is 35.5. The van der Waals surface area contributed by atoms with Crippen LogP contribution < -0.4 is 4.90 Å². The average molecular weight is 337 g/mol. The predicted octanol–water partition coefficient (Wildman–Crippen LogP) is 1.77. The van der Waals surface area contributed by atoms with Gasteiger partial charge in [-0.05, 0) is 31.4 Å². The highest BCUT2D eigenvalue weighted by molar-refractivity contribution is 6.34. The smallest absolute Gasteiger partial charge is 0.319 e. The van der Waals surface area contributed by atoms with Crippen molar-refractivity contribution in [2.45, 2.75) is 25.3 Å². The van der Waals surface area contributed by atoms with Crippen LogP contribution in [0.4, 0.5) is 5.69 Å². The highest BCUT2D eigenvalue weighted by Gasteiger charge is 2.59. The van der Waals surface area contributed by atoms with Gasteiger partial charge in [-0.3, -0.25) is 14.4 Å². The van der Waals surface area contributed by atoms with Crippen LogP contribution in [0.3, 0.4) is 0 Å². The van der Waals surface area contributed by atoms with Crippen molar-refractivity contribution >= 4 is 35.1 Å². The van der Waals surface area contributed by atoms with Crippen LogP contribution in [0.5, 0.6) is 0 Å². The molecular formula is C16H17ClN2O4. The zero-order valence-corrected chi connectivity index (χ0v) is 13.4. The first-order valence-corrected chi connectivity index (χ1v) is 7.83. The Morgan fingerprint density at radius 1 is 1.35 bits per heavy atom. The maximum Gasteiger partial charge on any atom is 0.319 e. The van der Waals surface area contributed by atoms with Gasteiger partial charge in [0, 0.05) is 13.6 Å². The number of halogens is 1. The van der Waals surface area contributed by atoms with E-state index in [4.69, 9.17) is 11.6 Å². The van der Waals surface area contributed by atoms with E-state index in [0.717, 1.165) is 0 Å². The van der Waals surface area contributed by atoms with E-state index >= 15 is 0 Å². The Balaban J connectivity index is 1.78. The monoisotopic (exact) mass is 336 g/mol. The number of amides is 2. The normalized spacial score (nSPS) is 22.1. The Morgan fingerprint density at radius 2 is 2.00 bits per heavy atom. The second kappa shape index (κ2) is 5.53. The second-order valence-electron chi connectivity index (χ2n) is 6.05. The fourth-order valence-corrected chi connectivity index (χ4v) is 3.30. The predicted molar refractivity (Wildman–Crippen MR) is 84.3 cm³/mol. The summed E-state index contributed by atoms with van der Waals surface area (Å²) in [5, 5.41) is 9.71. The van der Waals surface area contributed by atoms with Gasteiger partial charge in [0.25, 0.3) is 0 Å². The molecule has 2 fully saturated rings. The van der Waals surface area contributed by atoms with Crippen molar-refractivity contribution in [1.82, 2.24) is 4.90 Å². The lowest BCUT2D eigenvalue weighted by Gasteiger charge is -2.26. The van der Waals surface area contributed by atoms with Crippen molar-refractivity contribution in [1.29, 1.82) is 0 Å². The molecule has 1 N–H and O–H groups in total. The van der Waals surface area contributed by atoms with E-state index < -0.39 is 23.3 Å². The lowest BCUT2D eigenvalue weighted by atomic mass is 10.0. The quantitative estimate of drug-likeness (QED) is 0.850. The summed E-state index contributed by atoms with van der Waals surface area (Å²) in [5.41, 5.74) is -0.714. The molecule has 23 heavy (non-hydrogen) atoms. The van der Waals surface area contributed by atoms with Crippen LogP contribution >= 0.6 is 11.6 Å². The van der Waals surface area contributed by atoms with Gasteiger partial charge in [0.1, 0.15) is 11.5 Å². The third-order valence-electron chi connectivity index (χ3n) is 4.68. The van der Waals surface area contributed by atoms with Gasteiger partial charge in [-0.2, -0.15) is 0 Å². The number of para-hydroxylation sites is 1. The van der Waals surface area contributed by atoms with Crippen molar-refractivity contribution in [2.75, 3.05) is 18.5 Å². The average Bonchev–Trinajstić information content (AvgIpc) is 3.26. The van der Waals surface area contributed by atoms with E-state index in [1.54, 1.807) is 29.2 Å². The first-order valence-electron chi connectivity index (χ1n) is 7.45. The fourth-order valence-electron chi connectivity index (χ4n) is 3.06. The summed E-state index contributed by atoms with van der Waals surface area (Å²) in [4.78, 5) is 39.2. The van der Waals surface area contributed by atoms with Crippen LogP contribution in [0.2, 0.25) is 5.02 Å². The number of hydrogen-bond acceptors (Lipinski definition) is 3. The molecule has 1 saturated heterocycles. The number of hydrogen-bond donors (Lipinski definition) is 1. The summed E-state index contributed by atoms with van der Waals surface area (Å²) in [5.74, 6) is -1.82. The van der Waals surface area contributed by atoms with Crippen molar-refractivity contribution in [2.24, 2.45) is 5.41 Å². The SMILES string of the molecule is CN(C(=O)C1(C(=O)O)CC1)[C@@H]1CCN(c2ccccc2Cl)C1=O. The zero-order chi connectivity index (χ0) is 16.8. The third kappa shape index (κ3) is 2.47. The zero-order valence-electron chi connectivity index (χ0n) is 12.7. The molecule has 0 aromatic heterocycles. The minimum atomic E-state index is -1.33. The van der Waals surface area contributed by atoms with Crippen molar-refractivity contribution in [3.05, 3.63) is 29.3 Å². The third-order valence-corrected chi connectivity index (χ3v) is 5.00. The first-order chi connectivity index (χ1) is 10.9. The molecule has 1 atom stereocenters. The van der Waals surface area contributed by atoms with Gasteiger partial charge in [0.2, 0.25) is 11.8 Å². The topological polar surface area (TPSA) is 77.9 Å². The van der Waals surface area contributed by atoms with Crippen molar-refractivity contribution < 1.29 is 19.5 Å².